The average molecular weight is 496 g/mol. The summed E-state index contributed by atoms with van der Waals surface area (Å²) < 4.78 is 11.9. The number of aliphatic hydroxyl groups excluding tert-OH is 2. The molecule has 35 heavy (non-hydrogen) atoms. The number of Topliss-reactive ketones (excluding diaryl/α,β-unsaturated/α-hetero) is 1. The highest BCUT2D eigenvalue weighted by molar-refractivity contribution is 5.92. The summed E-state index contributed by atoms with van der Waals surface area (Å²) in [4.78, 5) is 42.2. The van der Waals surface area contributed by atoms with Crippen molar-refractivity contribution in [3.63, 3.8) is 0 Å². The molecule has 0 bridgehead atoms. The fourth-order valence-corrected chi connectivity index (χ4v) is 6.83. The number of fused-ring (bicyclic) bond motifs is 3. The fraction of sp³-hybridized carbons (Fsp3) is 0.720. The van der Waals surface area contributed by atoms with Gasteiger partial charge in [0.25, 0.3) is 0 Å². The van der Waals surface area contributed by atoms with Gasteiger partial charge in [-0.1, -0.05) is 26.8 Å². The molecule has 0 aromatic rings. The van der Waals surface area contributed by atoms with Crippen molar-refractivity contribution in [2.75, 3.05) is 0 Å². The number of hydrogen-bond donors (Lipinski definition) is 4. The van der Waals surface area contributed by atoms with E-state index in [1.54, 1.807) is 13.8 Å². The molecule has 1 saturated heterocycles. The van der Waals surface area contributed by atoms with E-state index in [-0.39, 0.29) is 12.2 Å². The van der Waals surface area contributed by atoms with Crippen molar-refractivity contribution >= 4 is 17.7 Å². The van der Waals surface area contributed by atoms with Gasteiger partial charge in [-0.25, -0.2) is 4.79 Å². The molecule has 3 rings (SSSR count). The number of ketones is 2. The van der Waals surface area contributed by atoms with Crippen LogP contribution in [0.25, 0.3) is 0 Å². The van der Waals surface area contributed by atoms with Crippen LogP contribution in [0.1, 0.15) is 60.8 Å². The van der Waals surface area contributed by atoms with E-state index < -0.39 is 63.7 Å². The van der Waals surface area contributed by atoms with Gasteiger partial charge in [-0.05, 0) is 39.0 Å². The Morgan fingerprint density at radius 3 is 2.40 bits per heavy atom. The second kappa shape index (κ2) is 8.69. The highest BCUT2D eigenvalue weighted by Crippen LogP contribution is 2.67. The number of hydrogen-bond acceptors (Lipinski definition) is 9. The number of carbonyl (C=O) groups is 3. The number of hydroxylamine groups is 1. The van der Waals surface area contributed by atoms with Crippen LogP contribution in [-0.2, 0) is 23.9 Å². The normalized spacial score (nSPS) is 44.7. The molecule has 1 amide bonds. The number of allylic oxidation sites excluding steroid dienone is 1. The quantitative estimate of drug-likeness (QED) is 0.193. The van der Waals surface area contributed by atoms with Crippen molar-refractivity contribution in [2.45, 2.75) is 95.9 Å². The van der Waals surface area contributed by atoms with Gasteiger partial charge in [0.05, 0.1) is 17.8 Å². The van der Waals surface area contributed by atoms with Crippen LogP contribution in [0.2, 0.25) is 0 Å². The first-order valence-electron chi connectivity index (χ1n) is 11.7. The zero-order valence-corrected chi connectivity index (χ0v) is 21.2. The standard InChI is InChI=1S/C25H37NO9/c1-8-22(5)13-16(29)25(32)23(6)15(28)9-11-21(3,4)18(23)17(30)19(24(25,7)35-22)34-20(31)26-33-12-10-14(2)27/h8,10,12,15,17-19,28,30,32H,1,9,11,13H2,2-7H3,(H,26,31)/b12-10+/t15-,17-,18-,19-,22-,23-,24+,25-/m0/s1. The highest BCUT2D eigenvalue weighted by atomic mass is 16.7. The zero-order chi connectivity index (χ0) is 26.6. The lowest BCUT2D eigenvalue weighted by Crippen LogP contribution is -2.86. The van der Waals surface area contributed by atoms with Gasteiger partial charge in [0.1, 0.15) is 11.9 Å². The third-order valence-electron chi connectivity index (χ3n) is 8.47. The molecule has 1 aliphatic heterocycles. The van der Waals surface area contributed by atoms with E-state index in [2.05, 4.69) is 6.58 Å². The van der Waals surface area contributed by atoms with Crippen molar-refractivity contribution in [3.8, 4) is 0 Å². The summed E-state index contributed by atoms with van der Waals surface area (Å²) in [6.45, 7) is 13.4. The van der Waals surface area contributed by atoms with E-state index in [0.29, 0.717) is 12.8 Å². The van der Waals surface area contributed by atoms with E-state index >= 15 is 0 Å². The summed E-state index contributed by atoms with van der Waals surface area (Å²) in [6.07, 6.45) is -1.17. The minimum absolute atomic E-state index is 0.216. The maximum absolute atomic E-state index is 13.8. The average Bonchev–Trinajstić information content (AvgIpc) is 2.74. The Morgan fingerprint density at radius 2 is 1.83 bits per heavy atom. The maximum atomic E-state index is 13.8. The van der Waals surface area contributed by atoms with Crippen LogP contribution in [-0.4, -0.2) is 68.1 Å². The van der Waals surface area contributed by atoms with Gasteiger partial charge in [0.2, 0.25) is 0 Å². The summed E-state index contributed by atoms with van der Waals surface area (Å²) in [6, 6.07) is 0. The number of aliphatic hydroxyl groups is 3. The smallest absolute Gasteiger partial charge is 0.438 e. The van der Waals surface area contributed by atoms with Gasteiger partial charge < -0.3 is 29.6 Å². The minimum Gasteiger partial charge on any atom is -0.438 e. The molecule has 4 N–H and O–H groups in total. The predicted octanol–water partition coefficient (Wildman–Crippen LogP) is 1.72. The lowest BCUT2D eigenvalue weighted by molar-refractivity contribution is -0.369. The van der Waals surface area contributed by atoms with Gasteiger partial charge in [-0.2, -0.15) is 5.48 Å². The molecule has 8 atom stereocenters. The first kappa shape index (κ1) is 27.3. The van der Waals surface area contributed by atoms with Crippen LogP contribution in [0.3, 0.4) is 0 Å². The molecule has 0 spiro atoms. The van der Waals surface area contributed by atoms with E-state index in [1.807, 2.05) is 19.3 Å². The van der Waals surface area contributed by atoms with Gasteiger partial charge in [-0.15, -0.1) is 6.58 Å². The first-order chi connectivity index (χ1) is 16.0. The van der Waals surface area contributed by atoms with Crippen molar-refractivity contribution in [2.24, 2.45) is 16.7 Å². The van der Waals surface area contributed by atoms with Crippen LogP contribution < -0.4 is 5.48 Å². The minimum atomic E-state index is -2.32. The molecule has 0 unspecified atom stereocenters. The predicted molar refractivity (Wildman–Crippen MR) is 124 cm³/mol. The number of nitrogens with one attached hydrogen (secondary N) is 1. The Labute approximate surface area is 205 Å². The summed E-state index contributed by atoms with van der Waals surface area (Å²) in [5.74, 6) is -1.75. The highest BCUT2D eigenvalue weighted by Gasteiger charge is 2.81. The molecular formula is C25H37NO9. The first-order valence-corrected chi connectivity index (χ1v) is 11.7. The molecule has 10 nitrogen and oxygen atoms in total. The van der Waals surface area contributed by atoms with Gasteiger partial charge >= 0.3 is 6.09 Å². The maximum Gasteiger partial charge on any atom is 0.441 e. The molecule has 196 valence electrons. The summed E-state index contributed by atoms with van der Waals surface area (Å²) >= 11 is 0. The molecule has 10 heteroatoms. The van der Waals surface area contributed by atoms with E-state index in [1.165, 1.54) is 19.9 Å². The second-order valence-electron chi connectivity index (χ2n) is 11.3. The third-order valence-corrected chi connectivity index (χ3v) is 8.47. The van der Waals surface area contributed by atoms with Crippen molar-refractivity contribution in [3.05, 3.63) is 25.0 Å². The molecule has 0 aromatic heterocycles. The lowest BCUT2D eigenvalue weighted by atomic mass is 9.40. The Hall–Kier alpha value is -2.27. The largest absolute Gasteiger partial charge is 0.441 e. The van der Waals surface area contributed by atoms with E-state index in [9.17, 15) is 29.7 Å². The number of rotatable bonds is 5. The fourth-order valence-electron chi connectivity index (χ4n) is 6.83. The molecular weight excluding hydrogens is 458 g/mol. The summed E-state index contributed by atoms with van der Waals surface area (Å²) in [5, 5.41) is 35.2. The molecule has 3 aliphatic rings. The van der Waals surface area contributed by atoms with E-state index in [0.717, 1.165) is 12.3 Å². The monoisotopic (exact) mass is 495 g/mol. The van der Waals surface area contributed by atoms with Crippen molar-refractivity contribution < 1.29 is 44.0 Å². The van der Waals surface area contributed by atoms with Gasteiger partial charge in [0, 0.05) is 23.8 Å². The van der Waals surface area contributed by atoms with E-state index in [4.69, 9.17) is 14.3 Å². The van der Waals surface area contributed by atoms with Crippen molar-refractivity contribution in [1.29, 1.82) is 0 Å². The number of ether oxygens (including phenoxy) is 2. The van der Waals surface area contributed by atoms with Crippen LogP contribution in [0.15, 0.2) is 25.0 Å². The van der Waals surface area contributed by atoms with Crippen molar-refractivity contribution in [1.82, 2.24) is 5.48 Å². The Bertz CT molecular complexity index is 947. The number of carbonyl (C=O) groups excluding carboxylic acids is 3. The lowest BCUT2D eigenvalue weighted by Gasteiger charge is -2.71. The van der Waals surface area contributed by atoms with Crippen LogP contribution in [0.5, 0.6) is 0 Å². The summed E-state index contributed by atoms with van der Waals surface area (Å²) in [7, 11) is 0. The SMILES string of the molecule is C=C[C@@]1(C)CC(=O)[C@]2(O)[C@@]3(C)[C@@H](O)CCC(C)(C)[C@@H]3[C@H](O)[C@H](OC(=O)NO/C=C/C(C)=O)[C@@]2(C)O1. The molecule has 3 fully saturated rings. The molecule has 0 radical (unpaired) electrons. The Kier molecular flexibility index (Phi) is 6.78. The second-order valence-corrected chi connectivity index (χ2v) is 11.3. The Balaban J connectivity index is 2.12. The number of amides is 1. The third kappa shape index (κ3) is 3.91. The molecule has 0 aromatic carbocycles. The molecule has 2 saturated carbocycles. The van der Waals surface area contributed by atoms with Gasteiger partial charge in [-0.3, -0.25) is 9.59 Å². The van der Waals surface area contributed by atoms with Crippen LogP contribution in [0.4, 0.5) is 4.79 Å². The van der Waals surface area contributed by atoms with Crippen LogP contribution in [0, 0.1) is 16.7 Å². The topological polar surface area (TPSA) is 152 Å². The molecule has 1 heterocycles. The zero-order valence-electron chi connectivity index (χ0n) is 21.2. The summed E-state index contributed by atoms with van der Waals surface area (Å²) in [5.41, 5.74) is -5.67. The van der Waals surface area contributed by atoms with Gasteiger partial charge in [0.15, 0.2) is 23.3 Å². The van der Waals surface area contributed by atoms with Crippen LogP contribution >= 0.6 is 0 Å². The Morgan fingerprint density at radius 1 is 1.20 bits per heavy atom. The molecule has 2 aliphatic carbocycles.